The van der Waals surface area contributed by atoms with E-state index >= 15 is 0 Å². The van der Waals surface area contributed by atoms with E-state index in [9.17, 15) is 4.79 Å². The van der Waals surface area contributed by atoms with Crippen molar-refractivity contribution < 1.29 is 4.79 Å². The third-order valence-electron chi connectivity index (χ3n) is 6.85. The molecule has 3 N–H and O–H groups in total. The maximum Gasteiger partial charge on any atom is 0.317 e. The van der Waals surface area contributed by atoms with Crippen molar-refractivity contribution in [3.63, 3.8) is 0 Å². The van der Waals surface area contributed by atoms with Gasteiger partial charge in [0.05, 0.1) is 5.69 Å². The second-order valence-electron chi connectivity index (χ2n) is 9.44. The van der Waals surface area contributed by atoms with Gasteiger partial charge in [-0.2, -0.15) is 5.10 Å². The number of hydrogen-bond donors (Lipinski definition) is 3. The Morgan fingerprint density at radius 2 is 1.73 bits per heavy atom. The topological polar surface area (TPSA) is 115 Å². The Hall–Kier alpha value is -5.25. The molecule has 10 nitrogen and oxygen atoms in total. The van der Waals surface area contributed by atoms with Crippen LogP contribution in [-0.4, -0.2) is 62.3 Å². The van der Waals surface area contributed by atoms with Gasteiger partial charge in [0.1, 0.15) is 5.69 Å². The van der Waals surface area contributed by atoms with Crippen molar-refractivity contribution in [3.8, 4) is 22.5 Å². The highest BCUT2D eigenvalue weighted by Gasteiger charge is 2.21. The Bertz CT molecular complexity index is 1550. The molecular formula is C30H29N9O. The molecule has 5 aromatic rings. The fourth-order valence-electron chi connectivity index (χ4n) is 4.71. The number of piperazine rings is 1. The molecule has 0 spiro atoms. The summed E-state index contributed by atoms with van der Waals surface area (Å²) < 4.78 is 0. The van der Waals surface area contributed by atoms with E-state index in [-0.39, 0.29) is 6.03 Å². The molecule has 0 atom stereocenters. The number of aromatic amines is 1. The minimum absolute atomic E-state index is 0.0201. The smallest absolute Gasteiger partial charge is 0.317 e. The molecule has 10 heteroatoms. The number of pyridine rings is 1. The van der Waals surface area contributed by atoms with E-state index in [4.69, 9.17) is 4.98 Å². The fourth-order valence-corrected chi connectivity index (χ4v) is 4.71. The highest BCUT2D eigenvalue weighted by atomic mass is 16.2. The first-order chi connectivity index (χ1) is 19.7. The average Bonchev–Trinajstić information content (AvgIpc) is 3.52. The van der Waals surface area contributed by atoms with Gasteiger partial charge in [-0.15, -0.1) is 0 Å². The quantitative estimate of drug-likeness (QED) is 0.279. The van der Waals surface area contributed by atoms with Crippen molar-refractivity contribution in [2.75, 3.05) is 36.4 Å². The average molecular weight is 532 g/mol. The highest BCUT2D eigenvalue weighted by molar-refractivity contribution is 5.78. The van der Waals surface area contributed by atoms with Gasteiger partial charge in [-0.3, -0.25) is 10.1 Å². The van der Waals surface area contributed by atoms with E-state index in [0.717, 1.165) is 52.5 Å². The first-order valence-corrected chi connectivity index (χ1v) is 13.2. The largest absolute Gasteiger partial charge is 0.368 e. The number of amides is 2. The van der Waals surface area contributed by atoms with E-state index in [1.54, 1.807) is 18.6 Å². The molecule has 2 amide bonds. The Labute approximate surface area is 232 Å². The summed E-state index contributed by atoms with van der Waals surface area (Å²) in [5.41, 5.74) is 6.43. The van der Waals surface area contributed by atoms with Gasteiger partial charge in [-0.25, -0.2) is 14.8 Å². The van der Waals surface area contributed by atoms with Crippen LogP contribution in [-0.2, 0) is 6.54 Å². The Morgan fingerprint density at radius 3 is 2.50 bits per heavy atom. The van der Waals surface area contributed by atoms with Crippen molar-refractivity contribution in [1.82, 2.24) is 35.4 Å². The number of aromatic nitrogens is 5. The maximum absolute atomic E-state index is 12.6. The van der Waals surface area contributed by atoms with Gasteiger partial charge in [0, 0.05) is 80.0 Å². The SMILES string of the molecule is O=C(NCc1ccccc1)N1CCN(c2ccc(Nc3nccc(-c4c[nH]nc4-c4cccnc4)n3)cc2)CC1. The predicted molar refractivity (Wildman–Crippen MR) is 155 cm³/mol. The fraction of sp³-hybridized carbons (Fsp3) is 0.167. The van der Waals surface area contributed by atoms with Gasteiger partial charge in [-0.1, -0.05) is 30.3 Å². The number of carbonyl (C=O) groups excluding carboxylic acids is 1. The van der Waals surface area contributed by atoms with E-state index < -0.39 is 0 Å². The van der Waals surface area contributed by atoms with Crippen LogP contribution in [0.3, 0.4) is 0 Å². The number of nitrogens with zero attached hydrogens (tertiary/aromatic N) is 6. The summed E-state index contributed by atoms with van der Waals surface area (Å²) in [6.45, 7) is 3.45. The van der Waals surface area contributed by atoms with Crippen molar-refractivity contribution in [2.45, 2.75) is 6.54 Å². The third kappa shape index (κ3) is 5.75. The molecule has 200 valence electrons. The van der Waals surface area contributed by atoms with Crippen LogP contribution in [0.5, 0.6) is 0 Å². The molecule has 4 heterocycles. The van der Waals surface area contributed by atoms with Crippen molar-refractivity contribution >= 4 is 23.4 Å². The zero-order chi connectivity index (χ0) is 27.1. The molecule has 6 rings (SSSR count). The molecule has 40 heavy (non-hydrogen) atoms. The molecule has 0 unspecified atom stereocenters. The monoisotopic (exact) mass is 531 g/mol. The summed E-state index contributed by atoms with van der Waals surface area (Å²) in [6.07, 6.45) is 7.08. The lowest BCUT2D eigenvalue weighted by atomic mass is 10.1. The van der Waals surface area contributed by atoms with Gasteiger partial charge in [0.25, 0.3) is 0 Å². The lowest BCUT2D eigenvalue weighted by molar-refractivity contribution is 0.194. The molecule has 1 aliphatic rings. The lowest BCUT2D eigenvalue weighted by Crippen LogP contribution is -2.51. The summed E-state index contributed by atoms with van der Waals surface area (Å²) in [5.74, 6) is 0.499. The number of carbonyl (C=O) groups is 1. The number of H-pyrrole nitrogens is 1. The summed E-state index contributed by atoms with van der Waals surface area (Å²) in [4.78, 5) is 30.1. The van der Waals surface area contributed by atoms with Crippen LogP contribution in [0, 0.1) is 0 Å². The number of urea groups is 1. The predicted octanol–water partition coefficient (Wildman–Crippen LogP) is 4.70. The summed E-state index contributed by atoms with van der Waals surface area (Å²) >= 11 is 0. The van der Waals surface area contributed by atoms with E-state index in [0.29, 0.717) is 25.6 Å². The van der Waals surface area contributed by atoms with E-state index in [2.05, 4.69) is 47.8 Å². The number of hydrogen-bond acceptors (Lipinski definition) is 7. The van der Waals surface area contributed by atoms with Crippen LogP contribution in [0.2, 0.25) is 0 Å². The third-order valence-corrected chi connectivity index (χ3v) is 6.85. The molecule has 2 aromatic carbocycles. The molecular weight excluding hydrogens is 502 g/mol. The van der Waals surface area contributed by atoms with Crippen LogP contribution < -0.4 is 15.5 Å². The van der Waals surface area contributed by atoms with Gasteiger partial charge >= 0.3 is 6.03 Å². The Morgan fingerprint density at radius 1 is 0.900 bits per heavy atom. The summed E-state index contributed by atoms with van der Waals surface area (Å²) in [5, 5.41) is 13.6. The van der Waals surface area contributed by atoms with Crippen LogP contribution >= 0.6 is 0 Å². The van der Waals surface area contributed by atoms with Crippen LogP contribution in [0.4, 0.5) is 22.1 Å². The molecule has 0 saturated carbocycles. The summed E-state index contributed by atoms with van der Waals surface area (Å²) in [7, 11) is 0. The number of benzene rings is 2. The Balaban J connectivity index is 1.05. The van der Waals surface area contributed by atoms with Crippen molar-refractivity contribution in [2.24, 2.45) is 0 Å². The summed E-state index contributed by atoms with van der Waals surface area (Å²) in [6, 6.07) is 23.8. The zero-order valence-electron chi connectivity index (χ0n) is 21.9. The van der Waals surface area contributed by atoms with Gasteiger partial charge in [0.2, 0.25) is 5.95 Å². The molecule has 1 fully saturated rings. The highest BCUT2D eigenvalue weighted by Crippen LogP contribution is 2.29. The van der Waals surface area contributed by atoms with Gasteiger partial charge in [-0.05, 0) is 48.0 Å². The van der Waals surface area contributed by atoms with Gasteiger partial charge in [0.15, 0.2) is 0 Å². The first-order valence-electron chi connectivity index (χ1n) is 13.2. The molecule has 0 bridgehead atoms. The van der Waals surface area contributed by atoms with Crippen molar-refractivity contribution in [1.29, 1.82) is 0 Å². The normalized spacial score (nSPS) is 13.2. The minimum atomic E-state index is -0.0201. The molecule has 3 aromatic heterocycles. The maximum atomic E-state index is 12.6. The number of anilines is 3. The first kappa shape index (κ1) is 25.1. The molecule has 0 aliphatic carbocycles. The lowest BCUT2D eigenvalue weighted by Gasteiger charge is -2.36. The zero-order valence-corrected chi connectivity index (χ0v) is 21.9. The van der Waals surface area contributed by atoms with Crippen molar-refractivity contribution in [3.05, 3.63) is 103 Å². The van der Waals surface area contributed by atoms with Crippen LogP contribution in [0.25, 0.3) is 22.5 Å². The van der Waals surface area contributed by atoms with Gasteiger partial charge < -0.3 is 20.4 Å². The minimum Gasteiger partial charge on any atom is -0.368 e. The number of rotatable bonds is 7. The second-order valence-corrected chi connectivity index (χ2v) is 9.44. The number of nitrogens with one attached hydrogen (secondary N) is 3. The standard InChI is InChI=1S/C30H29N9O/c40-30(33-19-22-5-2-1-3-6-22)39-17-15-38(16-18-39)25-10-8-24(9-11-25)35-29-32-14-12-27(36-29)26-21-34-37-28(26)23-7-4-13-31-20-23/h1-14,20-21H,15-19H2,(H,33,40)(H,34,37)(H,32,35,36). The molecule has 1 saturated heterocycles. The van der Waals surface area contributed by atoms with Crippen LogP contribution in [0.15, 0.2) is 97.6 Å². The molecule has 0 radical (unpaired) electrons. The molecule has 1 aliphatic heterocycles. The second kappa shape index (κ2) is 11.6. The van der Waals surface area contributed by atoms with E-state index in [1.165, 1.54) is 0 Å². The van der Waals surface area contributed by atoms with Crippen LogP contribution in [0.1, 0.15) is 5.56 Å². The van der Waals surface area contributed by atoms with E-state index in [1.807, 2.05) is 71.8 Å². The Kier molecular flexibility index (Phi) is 7.29.